The van der Waals surface area contributed by atoms with Crippen molar-refractivity contribution in [3.63, 3.8) is 0 Å². The zero-order valence-corrected chi connectivity index (χ0v) is 8.30. The molecule has 0 aliphatic carbocycles. The van der Waals surface area contributed by atoms with Crippen LogP contribution in [0.1, 0.15) is 11.1 Å². The molecule has 0 saturated carbocycles. The van der Waals surface area contributed by atoms with Crippen LogP contribution >= 0.6 is 0 Å². The highest BCUT2D eigenvalue weighted by Gasteiger charge is 2.35. The highest BCUT2D eigenvalue weighted by atomic mass is 19.4. The van der Waals surface area contributed by atoms with E-state index in [0.29, 0.717) is 0 Å². The second kappa shape index (κ2) is 4.86. The van der Waals surface area contributed by atoms with Crippen LogP contribution in [0.5, 0.6) is 5.88 Å². The van der Waals surface area contributed by atoms with Gasteiger partial charge in [-0.3, -0.25) is 0 Å². The first kappa shape index (κ1) is 12.3. The Balaban J connectivity index is 3.22. The van der Waals surface area contributed by atoms with Crippen molar-refractivity contribution in [1.29, 1.82) is 0 Å². The number of methoxy groups -OCH3 is 1. The zero-order chi connectivity index (χ0) is 12.2. The molecule has 0 fully saturated rings. The smallest absolute Gasteiger partial charge is 0.421 e. The number of rotatable bonds is 1. The molecule has 0 radical (unpaired) electrons. The van der Waals surface area contributed by atoms with E-state index in [2.05, 4.69) is 21.6 Å². The molecule has 0 aliphatic heterocycles. The lowest BCUT2D eigenvalue weighted by molar-refractivity contribution is -0.139. The van der Waals surface area contributed by atoms with Crippen molar-refractivity contribution in [3.05, 3.63) is 23.4 Å². The Morgan fingerprint density at radius 1 is 1.50 bits per heavy atom. The summed E-state index contributed by atoms with van der Waals surface area (Å²) in [6, 6.07) is 0.828. The van der Waals surface area contributed by atoms with Gasteiger partial charge in [-0.1, -0.05) is 11.8 Å². The molecule has 1 rings (SSSR count). The first-order chi connectivity index (χ1) is 7.49. The van der Waals surface area contributed by atoms with Gasteiger partial charge < -0.3 is 9.84 Å². The van der Waals surface area contributed by atoms with Crippen LogP contribution in [-0.4, -0.2) is 23.8 Å². The van der Waals surface area contributed by atoms with Crippen LogP contribution in [0.2, 0.25) is 0 Å². The number of halogens is 3. The van der Waals surface area contributed by atoms with E-state index >= 15 is 0 Å². The molecule has 0 aliphatic rings. The van der Waals surface area contributed by atoms with Crippen molar-refractivity contribution in [3.8, 4) is 17.7 Å². The molecule has 0 amide bonds. The molecule has 0 aromatic carbocycles. The second-order valence-electron chi connectivity index (χ2n) is 2.74. The van der Waals surface area contributed by atoms with Gasteiger partial charge >= 0.3 is 6.18 Å². The Morgan fingerprint density at radius 3 is 2.69 bits per heavy atom. The summed E-state index contributed by atoms with van der Waals surface area (Å²) in [5, 5.41) is 8.42. The van der Waals surface area contributed by atoms with E-state index in [9.17, 15) is 13.2 Å². The Morgan fingerprint density at radius 2 is 2.19 bits per heavy atom. The van der Waals surface area contributed by atoms with E-state index < -0.39 is 24.2 Å². The first-order valence-corrected chi connectivity index (χ1v) is 4.20. The standard InChI is InChI=1S/C10H8F3NO2/c1-16-9-8(10(11,12)13)5-7(6-14-9)3-2-4-15/h5-6,15H,4H2,1H3. The van der Waals surface area contributed by atoms with Crippen LogP contribution in [-0.2, 0) is 6.18 Å². The molecule has 0 atom stereocenters. The van der Waals surface area contributed by atoms with E-state index in [4.69, 9.17) is 5.11 Å². The van der Waals surface area contributed by atoms with Crippen LogP contribution in [0, 0.1) is 11.8 Å². The molecular weight excluding hydrogens is 223 g/mol. The first-order valence-electron chi connectivity index (χ1n) is 4.20. The minimum absolute atomic E-state index is 0.0715. The van der Waals surface area contributed by atoms with Crippen LogP contribution < -0.4 is 4.74 Å². The minimum atomic E-state index is -4.55. The maximum atomic E-state index is 12.5. The van der Waals surface area contributed by atoms with Gasteiger partial charge in [-0.05, 0) is 6.07 Å². The second-order valence-corrected chi connectivity index (χ2v) is 2.74. The van der Waals surface area contributed by atoms with Crippen LogP contribution in [0.4, 0.5) is 13.2 Å². The maximum absolute atomic E-state index is 12.5. The van der Waals surface area contributed by atoms with Gasteiger partial charge in [0.1, 0.15) is 12.2 Å². The van der Waals surface area contributed by atoms with Crippen molar-refractivity contribution in [2.24, 2.45) is 0 Å². The molecule has 1 aromatic rings. The Bertz CT molecular complexity index is 432. The molecule has 1 aromatic heterocycles. The fraction of sp³-hybridized carbons (Fsp3) is 0.300. The number of aliphatic hydroxyl groups excluding tert-OH is 1. The predicted molar refractivity (Wildman–Crippen MR) is 49.8 cm³/mol. The zero-order valence-electron chi connectivity index (χ0n) is 8.30. The third-order valence-corrected chi connectivity index (χ3v) is 1.66. The van der Waals surface area contributed by atoms with Gasteiger partial charge in [0.2, 0.25) is 5.88 Å². The summed E-state index contributed by atoms with van der Waals surface area (Å²) >= 11 is 0. The van der Waals surface area contributed by atoms with Gasteiger partial charge in [0.05, 0.1) is 7.11 Å². The summed E-state index contributed by atoms with van der Waals surface area (Å²) in [5.74, 6) is 4.08. The fourth-order valence-corrected chi connectivity index (χ4v) is 1.03. The molecule has 1 N–H and O–H groups in total. The molecule has 16 heavy (non-hydrogen) atoms. The highest BCUT2D eigenvalue weighted by Crippen LogP contribution is 2.35. The largest absolute Gasteiger partial charge is 0.481 e. The number of pyridine rings is 1. The van der Waals surface area contributed by atoms with Gasteiger partial charge in [0.25, 0.3) is 0 Å². The van der Waals surface area contributed by atoms with E-state index in [0.717, 1.165) is 19.4 Å². The van der Waals surface area contributed by atoms with Crippen LogP contribution in [0.15, 0.2) is 12.3 Å². The normalized spacial score (nSPS) is 10.6. The minimum Gasteiger partial charge on any atom is -0.481 e. The molecule has 0 unspecified atom stereocenters. The van der Waals surface area contributed by atoms with Gasteiger partial charge in [-0.2, -0.15) is 13.2 Å². The Kier molecular flexibility index (Phi) is 3.74. The topological polar surface area (TPSA) is 42.4 Å². The van der Waals surface area contributed by atoms with Gasteiger partial charge in [-0.15, -0.1) is 0 Å². The third kappa shape index (κ3) is 2.87. The number of hydrogen-bond donors (Lipinski definition) is 1. The molecule has 1 heterocycles. The molecule has 3 nitrogen and oxygen atoms in total. The SMILES string of the molecule is COc1ncc(C#CCO)cc1C(F)(F)F. The number of alkyl halides is 3. The lowest BCUT2D eigenvalue weighted by Crippen LogP contribution is -2.09. The number of aliphatic hydroxyl groups is 1. The molecule has 6 heteroatoms. The summed E-state index contributed by atoms with van der Waals surface area (Å²) < 4.78 is 42.1. The molecular formula is C10H8F3NO2. The quantitative estimate of drug-likeness (QED) is 0.744. The Labute approximate surface area is 89.9 Å². The molecule has 0 saturated heterocycles. The Hall–Kier alpha value is -1.74. The monoisotopic (exact) mass is 231 g/mol. The van der Waals surface area contributed by atoms with Crippen molar-refractivity contribution < 1.29 is 23.0 Å². The van der Waals surface area contributed by atoms with Crippen molar-refractivity contribution in [2.75, 3.05) is 13.7 Å². The predicted octanol–water partition coefficient (Wildman–Crippen LogP) is 1.45. The summed E-state index contributed by atoms with van der Waals surface area (Å²) in [6.07, 6.45) is -3.40. The lowest BCUT2D eigenvalue weighted by atomic mass is 10.2. The van der Waals surface area contributed by atoms with Crippen molar-refractivity contribution in [1.82, 2.24) is 4.98 Å². The van der Waals surface area contributed by atoms with Crippen molar-refractivity contribution in [2.45, 2.75) is 6.18 Å². The maximum Gasteiger partial charge on any atom is 0.421 e. The summed E-state index contributed by atoms with van der Waals surface area (Å²) in [6.45, 7) is -0.423. The van der Waals surface area contributed by atoms with Crippen LogP contribution in [0.25, 0.3) is 0 Å². The summed E-state index contributed by atoms with van der Waals surface area (Å²) in [7, 11) is 1.11. The molecule has 0 spiro atoms. The highest BCUT2D eigenvalue weighted by molar-refractivity contribution is 5.40. The van der Waals surface area contributed by atoms with Gasteiger partial charge in [0.15, 0.2) is 0 Å². The van der Waals surface area contributed by atoms with Gasteiger partial charge in [0, 0.05) is 11.8 Å². The lowest BCUT2D eigenvalue weighted by Gasteiger charge is -2.10. The van der Waals surface area contributed by atoms with E-state index in [-0.39, 0.29) is 5.56 Å². The average molecular weight is 231 g/mol. The number of ether oxygens (including phenoxy) is 1. The summed E-state index contributed by atoms with van der Waals surface area (Å²) in [5.41, 5.74) is -0.915. The van der Waals surface area contributed by atoms with Crippen molar-refractivity contribution >= 4 is 0 Å². The van der Waals surface area contributed by atoms with E-state index in [1.165, 1.54) is 0 Å². The van der Waals surface area contributed by atoms with Crippen LogP contribution in [0.3, 0.4) is 0 Å². The van der Waals surface area contributed by atoms with E-state index in [1.54, 1.807) is 0 Å². The van der Waals surface area contributed by atoms with Gasteiger partial charge in [-0.25, -0.2) is 4.98 Å². The average Bonchev–Trinajstić information content (AvgIpc) is 2.24. The molecule has 0 bridgehead atoms. The number of aromatic nitrogens is 1. The van der Waals surface area contributed by atoms with E-state index in [1.807, 2.05) is 0 Å². The third-order valence-electron chi connectivity index (χ3n) is 1.66. The summed E-state index contributed by atoms with van der Waals surface area (Å²) in [4.78, 5) is 3.49. The number of nitrogens with zero attached hydrogens (tertiary/aromatic N) is 1. The number of hydrogen-bond acceptors (Lipinski definition) is 3. The molecule has 86 valence electrons. The fourth-order valence-electron chi connectivity index (χ4n) is 1.03.